The molecule has 3 rings (SSSR count). The van der Waals surface area contributed by atoms with Gasteiger partial charge in [-0.25, -0.2) is 14.6 Å². The Morgan fingerprint density at radius 1 is 1.31 bits per heavy atom. The molecule has 5 nitrogen and oxygen atoms in total. The molecule has 0 aliphatic heterocycles. The predicted molar refractivity (Wildman–Crippen MR) is 58.7 cm³/mol. The molecule has 0 saturated heterocycles. The molecule has 0 radical (unpaired) electrons. The third kappa shape index (κ3) is 1.21. The van der Waals surface area contributed by atoms with Crippen molar-refractivity contribution in [1.29, 1.82) is 0 Å². The van der Waals surface area contributed by atoms with Crippen LogP contribution >= 0.6 is 0 Å². The zero-order valence-corrected chi connectivity index (χ0v) is 9.01. The van der Waals surface area contributed by atoms with Gasteiger partial charge in [0.25, 0.3) is 0 Å². The normalized spacial score (nSPS) is 11.1. The van der Waals surface area contributed by atoms with E-state index in [0.717, 1.165) is 22.5 Å². The summed E-state index contributed by atoms with van der Waals surface area (Å²) in [5, 5.41) is 4.05. The number of nitrogens with zero attached hydrogens (tertiary/aromatic N) is 4. The maximum Gasteiger partial charge on any atom is 0.192 e. The summed E-state index contributed by atoms with van der Waals surface area (Å²) in [6, 6.07) is 5.79. The molecule has 2 aromatic heterocycles. The van der Waals surface area contributed by atoms with E-state index >= 15 is 0 Å². The Bertz CT molecular complexity index is 653. The summed E-state index contributed by atoms with van der Waals surface area (Å²) in [5.41, 5.74) is 2.54. The number of fused-ring (bicyclic) bond motifs is 1. The molecule has 0 saturated carbocycles. The number of hydrogen-bond donors (Lipinski definition) is 0. The fourth-order valence-corrected chi connectivity index (χ4v) is 1.78. The highest BCUT2D eigenvalue weighted by Gasteiger charge is 2.12. The summed E-state index contributed by atoms with van der Waals surface area (Å²) >= 11 is 0. The minimum Gasteiger partial charge on any atom is -0.441 e. The highest BCUT2D eigenvalue weighted by atomic mass is 16.3. The lowest BCUT2D eigenvalue weighted by Gasteiger charge is -1.99. The van der Waals surface area contributed by atoms with Gasteiger partial charge in [0.2, 0.25) is 0 Å². The van der Waals surface area contributed by atoms with Gasteiger partial charge in [0, 0.05) is 19.5 Å². The van der Waals surface area contributed by atoms with E-state index in [9.17, 15) is 0 Å². The van der Waals surface area contributed by atoms with Gasteiger partial charge in [-0.05, 0) is 12.1 Å². The zero-order chi connectivity index (χ0) is 11.1. The second-order valence-electron chi connectivity index (χ2n) is 3.59. The van der Waals surface area contributed by atoms with Crippen LogP contribution in [0.2, 0.25) is 0 Å². The molecule has 0 bridgehead atoms. The van der Waals surface area contributed by atoms with Crippen molar-refractivity contribution >= 4 is 11.1 Å². The van der Waals surface area contributed by atoms with Crippen LogP contribution in [0.4, 0.5) is 0 Å². The van der Waals surface area contributed by atoms with Crippen molar-refractivity contribution in [2.24, 2.45) is 7.05 Å². The van der Waals surface area contributed by atoms with Crippen molar-refractivity contribution in [3.05, 3.63) is 30.4 Å². The van der Waals surface area contributed by atoms with Gasteiger partial charge in [0.05, 0.1) is 0 Å². The van der Waals surface area contributed by atoms with Gasteiger partial charge in [-0.2, -0.15) is 5.10 Å². The van der Waals surface area contributed by atoms with E-state index in [1.165, 1.54) is 6.33 Å². The summed E-state index contributed by atoms with van der Waals surface area (Å²) in [7, 11) is 1.86. The average Bonchev–Trinajstić information content (AvgIpc) is 2.82. The molecule has 1 aromatic carbocycles. The molecule has 0 fully saturated rings. The van der Waals surface area contributed by atoms with Crippen LogP contribution in [-0.2, 0) is 7.05 Å². The smallest absolute Gasteiger partial charge is 0.192 e. The SMILES string of the molecule is Cc1nc2c(-c3ncnn3C)cccc2o1. The van der Waals surface area contributed by atoms with Gasteiger partial charge < -0.3 is 4.42 Å². The van der Waals surface area contributed by atoms with Crippen molar-refractivity contribution in [2.45, 2.75) is 6.92 Å². The fraction of sp³-hybridized carbons (Fsp3) is 0.182. The summed E-state index contributed by atoms with van der Waals surface area (Å²) < 4.78 is 7.20. The molecule has 0 amide bonds. The van der Waals surface area contributed by atoms with Crippen LogP contribution in [0.25, 0.3) is 22.5 Å². The van der Waals surface area contributed by atoms with E-state index in [1.807, 2.05) is 32.2 Å². The molecule has 0 aliphatic rings. The van der Waals surface area contributed by atoms with Gasteiger partial charge in [-0.3, -0.25) is 0 Å². The van der Waals surface area contributed by atoms with Crippen LogP contribution < -0.4 is 0 Å². The van der Waals surface area contributed by atoms with Gasteiger partial charge in [0.1, 0.15) is 11.8 Å². The largest absolute Gasteiger partial charge is 0.441 e. The third-order valence-electron chi connectivity index (χ3n) is 2.48. The Morgan fingerprint density at radius 2 is 2.19 bits per heavy atom. The molecule has 80 valence electrons. The van der Waals surface area contributed by atoms with Crippen LogP contribution in [0, 0.1) is 6.92 Å². The third-order valence-corrected chi connectivity index (χ3v) is 2.48. The van der Waals surface area contributed by atoms with Crippen molar-refractivity contribution in [3.63, 3.8) is 0 Å². The minimum absolute atomic E-state index is 0.657. The Balaban J connectivity index is 2.35. The van der Waals surface area contributed by atoms with Crippen molar-refractivity contribution in [2.75, 3.05) is 0 Å². The van der Waals surface area contributed by atoms with E-state index in [-0.39, 0.29) is 0 Å². The number of oxazole rings is 1. The number of hydrogen-bond acceptors (Lipinski definition) is 4. The first-order valence-electron chi connectivity index (χ1n) is 4.96. The lowest BCUT2D eigenvalue weighted by atomic mass is 10.2. The molecule has 2 heterocycles. The first kappa shape index (κ1) is 9.08. The quantitative estimate of drug-likeness (QED) is 0.621. The zero-order valence-electron chi connectivity index (χ0n) is 9.01. The van der Waals surface area contributed by atoms with E-state index in [2.05, 4.69) is 15.1 Å². The first-order valence-corrected chi connectivity index (χ1v) is 4.96. The Morgan fingerprint density at radius 3 is 2.94 bits per heavy atom. The molecular weight excluding hydrogens is 204 g/mol. The molecule has 0 atom stereocenters. The van der Waals surface area contributed by atoms with Crippen LogP contribution in [-0.4, -0.2) is 19.7 Å². The predicted octanol–water partition coefficient (Wildman–Crippen LogP) is 1.93. The van der Waals surface area contributed by atoms with Crippen LogP contribution in [0.5, 0.6) is 0 Å². The van der Waals surface area contributed by atoms with Crippen LogP contribution in [0.3, 0.4) is 0 Å². The van der Waals surface area contributed by atoms with E-state index < -0.39 is 0 Å². The molecule has 0 aliphatic carbocycles. The minimum atomic E-state index is 0.657. The first-order chi connectivity index (χ1) is 7.75. The summed E-state index contributed by atoms with van der Waals surface area (Å²) in [5.74, 6) is 1.45. The van der Waals surface area contributed by atoms with Crippen molar-refractivity contribution < 1.29 is 4.42 Å². The number of benzene rings is 1. The van der Waals surface area contributed by atoms with E-state index in [0.29, 0.717) is 5.89 Å². The summed E-state index contributed by atoms with van der Waals surface area (Å²) in [6.45, 7) is 1.83. The number of para-hydroxylation sites is 1. The maximum absolute atomic E-state index is 5.48. The Hall–Kier alpha value is -2.17. The molecule has 0 spiro atoms. The Labute approximate surface area is 91.7 Å². The second kappa shape index (κ2) is 3.16. The van der Waals surface area contributed by atoms with Crippen LogP contribution in [0.15, 0.2) is 28.9 Å². The highest BCUT2D eigenvalue weighted by molar-refractivity contribution is 5.88. The fourth-order valence-electron chi connectivity index (χ4n) is 1.78. The topological polar surface area (TPSA) is 56.7 Å². The number of aromatic nitrogens is 4. The summed E-state index contributed by atoms with van der Waals surface area (Å²) in [6.07, 6.45) is 1.53. The monoisotopic (exact) mass is 214 g/mol. The lowest BCUT2D eigenvalue weighted by molar-refractivity contribution is 0.561. The number of aryl methyl sites for hydroxylation is 2. The second-order valence-corrected chi connectivity index (χ2v) is 3.59. The Kier molecular flexibility index (Phi) is 1.80. The average molecular weight is 214 g/mol. The van der Waals surface area contributed by atoms with E-state index in [4.69, 9.17) is 4.42 Å². The summed E-state index contributed by atoms with van der Waals surface area (Å²) in [4.78, 5) is 8.58. The molecule has 0 N–H and O–H groups in total. The lowest BCUT2D eigenvalue weighted by Crippen LogP contribution is -1.94. The van der Waals surface area contributed by atoms with Crippen molar-refractivity contribution in [3.8, 4) is 11.4 Å². The molecule has 0 unspecified atom stereocenters. The molecule has 5 heteroatoms. The van der Waals surface area contributed by atoms with Crippen molar-refractivity contribution in [1.82, 2.24) is 19.7 Å². The van der Waals surface area contributed by atoms with Gasteiger partial charge in [0.15, 0.2) is 17.3 Å². The van der Waals surface area contributed by atoms with Gasteiger partial charge >= 0.3 is 0 Å². The van der Waals surface area contributed by atoms with Gasteiger partial charge in [-0.1, -0.05) is 6.07 Å². The highest BCUT2D eigenvalue weighted by Crippen LogP contribution is 2.26. The standard InChI is InChI=1S/C11H10N4O/c1-7-14-10-8(4-3-5-9(10)16-7)11-12-6-13-15(11)2/h3-6H,1-2H3. The maximum atomic E-state index is 5.48. The van der Waals surface area contributed by atoms with E-state index in [1.54, 1.807) is 4.68 Å². The molecular formula is C11H10N4O. The number of rotatable bonds is 1. The molecule has 3 aromatic rings. The van der Waals surface area contributed by atoms with Gasteiger partial charge in [-0.15, -0.1) is 0 Å². The molecule has 16 heavy (non-hydrogen) atoms. The van der Waals surface area contributed by atoms with Crippen LogP contribution in [0.1, 0.15) is 5.89 Å².